The Kier molecular flexibility index (Phi) is 6.84. The number of thioether (sulfide) groups is 1. The van der Waals surface area contributed by atoms with Crippen molar-refractivity contribution in [2.75, 3.05) is 11.1 Å². The molecule has 7 nitrogen and oxygen atoms in total. The first-order valence-electron chi connectivity index (χ1n) is 9.81. The fourth-order valence-corrected chi connectivity index (χ4v) is 3.76. The molecule has 33 heavy (non-hydrogen) atoms. The lowest BCUT2D eigenvalue weighted by molar-refractivity contribution is -0.113. The van der Waals surface area contributed by atoms with Gasteiger partial charge in [0.25, 0.3) is 5.91 Å². The summed E-state index contributed by atoms with van der Waals surface area (Å²) in [4.78, 5) is 29.0. The molecule has 0 saturated carbocycles. The molecule has 0 atom stereocenters. The van der Waals surface area contributed by atoms with E-state index < -0.39 is 17.5 Å². The summed E-state index contributed by atoms with van der Waals surface area (Å²) >= 11 is 1.12. The molecule has 0 aliphatic rings. The van der Waals surface area contributed by atoms with Gasteiger partial charge in [0.05, 0.1) is 24.2 Å². The number of hydrogen-bond donors (Lipinski definition) is 2. The van der Waals surface area contributed by atoms with Crippen molar-refractivity contribution in [1.82, 2.24) is 14.9 Å². The molecule has 4 aromatic rings. The third kappa shape index (κ3) is 5.66. The lowest BCUT2D eigenvalue weighted by atomic mass is 10.2. The summed E-state index contributed by atoms with van der Waals surface area (Å²) in [6.45, 7) is 0.267. The molecule has 0 bridgehead atoms. The van der Waals surface area contributed by atoms with Gasteiger partial charge in [-0.25, -0.2) is 13.8 Å². The van der Waals surface area contributed by atoms with Crippen molar-refractivity contribution in [2.24, 2.45) is 0 Å². The van der Waals surface area contributed by atoms with Crippen LogP contribution in [0, 0.1) is 11.6 Å². The van der Waals surface area contributed by atoms with E-state index >= 15 is 0 Å². The summed E-state index contributed by atoms with van der Waals surface area (Å²) in [5.74, 6) is -1.58. The summed E-state index contributed by atoms with van der Waals surface area (Å²) in [7, 11) is 0. The second kappa shape index (κ2) is 10.1. The lowest BCUT2D eigenvalue weighted by Gasteiger charge is -2.10. The maximum Gasteiger partial charge on any atom is 0.251 e. The van der Waals surface area contributed by atoms with Gasteiger partial charge < -0.3 is 15.1 Å². The molecule has 168 valence electrons. The molecule has 2 aromatic carbocycles. The highest BCUT2D eigenvalue weighted by Crippen LogP contribution is 2.22. The Hall–Kier alpha value is -3.92. The van der Waals surface area contributed by atoms with Gasteiger partial charge in [0.1, 0.15) is 17.4 Å². The summed E-state index contributed by atoms with van der Waals surface area (Å²) < 4.78 is 33.9. The molecule has 0 saturated heterocycles. The largest absolute Gasteiger partial charge is 0.467 e. The highest BCUT2D eigenvalue weighted by Gasteiger charge is 2.13. The SMILES string of the molecule is O=C(CSc1nccn1-c1cccc(C(=O)NCc2ccco2)c1)Nc1cc(F)ccc1F. The molecule has 0 unspecified atom stereocenters. The third-order valence-corrected chi connectivity index (χ3v) is 5.50. The number of aromatic nitrogens is 2. The van der Waals surface area contributed by atoms with E-state index in [4.69, 9.17) is 4.42 Å². The molecule has 10 heteroatoms. The van der Waals surface area contributed by atoms with Gasteiger partial charge in [-0.05, 0) is 42.5 Å². The molecule has 2 N–H and O–H groups in total. The van der Waals surface area contributed by atoms with Gasteiger partial charge in [-0.1, -0.05) is 17.8 Å². The number of carbonyl (C=O) groups excluding carboxylic acids is 2. The molecule has 0 radical (unpaired) electrons. The Morgan fingerprint density at radius 2 is 1.97 bits per heavy atom. The predicted molar refractivity (Wildman–Crippen MR) is 119 cm³/mol. The van der Waals surface area contributed by atoms with Crippen LogP contribution in [-0.4, -0.2) is 27.1 Å². The van der Waals surface area contributed by atoms with Crippen molar-refractivity contribution in [3.63, 3.8) is 0 Å². The van der Waals surface area contributed by atoms with Gasteiger partial charge in [-0.3, -0.25) is 14.2 Å². The minimum absolute atomic E-state index is 0.0731. The maximum atomic E-state index is 13.7. The Bertz CT molecular complexity index is 1270. The fraction of sp³-hybridized carbons (Fsp3) is 0.0870. The van der Waals surface area contributed by atoms with Gasteiger partial charge in [0.2, 0.25) is 5.91 Å². The monoisotopic (exact) mass is 468 g/mol. The molecule has 0 aliphatic heterocycles. The Morgan fingerprint density at radius 3 is 2.79 bits per heavy atom. The average molecular weight is 468 g/mol. The number of benzene rings is 2. The first kappa shape index (κ1) is 22.3. The van der Waals surface area contributed by atoms with E-state index in [2.05, 4.69) is 15.6 Å². The zero-order chi connectivity index (χ0) is 23.2. The molecule has 0 spiro atoms. The van der Waals surface area contributed by atoms with Crippen LogP contribution in [0.3, 0.4) is 0 Å². The topological polar surface area (TPSA) is 89.2 Å². The Morgan fingerprint density at radius 1 is 1.09 bits per heavy atom. The lowest BCUT2D eigenvalue weighted by Crippen LogP contribution is -2.22. The van der Waals surface area contributed by atoms with Crippen LogP contribution >= 0.6 is 11.8 Å². The van der Waals surface area contributed by atoms with Crippen molar-refractivity contribution in [2.45, 2.75) is 11.7 Å². The predicted octanol–water partition coefficient (Wildman–Crippen LogP) is 4.40. The number of rotatable bonds is 8. The zero-order valence-electron chi connectivity index (χ0n) is 17.1. The number of imidazole rings is 1. The maximum absolute atomic E-state index is 13.7. The molecule has 2 heterocycles. The quantitative estimate of drug-likeness (QED) is 0.374. The van der Waals surface area contributed by atoms with Crippen LogP contribution in [0.5, 0.6) is 0 Å². The molecule has 2 aromatic heterocycles. The fourth-order valence-electron chi connectivity index (χ4n) is 2.98. The van der Waals surface area contributed by atoms with Crippen molar-refractivity contribution in [3.8, 4) is 5.69 Å². The van der Waals surface area contributed by atoms with Gasteiger partial charge in [-0.15, -0.1) is 0 Å². The van der Waals surface area contributed by atoms with Gasteiger partial charge in [0, 0.05) is 29.7 Å². The van der Waals surface area contributed by atoms with Crippen molar-refractivity contribution in [1.29, 1.82) is 0 Å². The molecule has 0 aliphatic carbocycles. The van der Waals surface area contributed by atoms with Crippen molar-refractivity contribution < 1.29 is 22.8 Å². The number of furan rings is 1. The Balaban J connectivity index is 1.40. The molecular formula is C23H18F2N4O3S. The van der Waals surface area contributed by atoms with Crippen molar-refractivity contribution in [3.05, 3.63) is 96.2 Å². The van der Waals surface area contributed by atoms with Gasteiger partial charge in [0.15, 0.2) is 5.16 Å². The number of nitrogens with zero attached hydrogens (tertiary/aromatic N) is 2. The van der Waals surface area contributed by atoms with Gasteiger partial charge in [-0.2, -0.15) is 0 Å². The highest BCUT2D eigenvalue weighted by atomic mass is 32.2. The van der Waals surface area contributed by atoms with E-state index in [9.17, 15) is 18.4 Å². The number of halogens is 2. The van der Waals surface area contributed by atoms with E-state index in [1.54, 1.807) is 53.4 Å². The van der Waals surface area contributed by atoms with Crippen molar-refractivity contribution >= 4 is 29.3 Å². The number of anilines is 1. The molecular weight excluding hydrogens is 450 g/mol. The number of amides is 2. The second-order valence-electron chi connectivity index (χ2n) is 6.85. The highest BCUT2D eigenvalue weighted by molar-refractivity contribution is 7.99. The third-order valence-electron chi connectivity index (χ3n) is 4.53. The number of carbonyl (C=O) groups is 2. The van der Waals surface area contributed by atoms with E-state index in [-0.39, 0.29) is 23.9 Å². The first-order chi connectivity index (χ1) is 16.0. The summed E-state index contributed by atoms with van der Waals surface area (Å²) in [6.07, 6.45) is 4.80. The van der Waals surface area contributed by atoms with E-state index in [1.165, 1.54) is 6.26 Å². The molecule has 0 fully saturated rings. The summed E-state index contributed by atoms with van der Waals surface area (Å²) in [5.41, 5.74) is 0.900. The number of hydrogen-bond acceptors (Lipinski definition) is 5. The normalized spacial score (nSPS) is 10.7. The van der Waals surface area contributed by atoms with Crippen LogP contribution in [0.15, 0.2) is 82.8 Å². The van der Waals surface area contributed by atoms with Crippen LogP contribution in [0.4, 0.5) is 14.5 Å². The average Bonchev–Trinajstić information content (AvgIpc) is 3.51. The zero-order valence-corrected chi connectivity index (χ0v) is 17.9. The van der Waals surface area contributed by atoms with Crippen LogP contribution in [0.1, 0.15) is 16.1 Å². The smallest absolute Gasteiger partial charge is 0.251 e. The van der Waals surface area contributed by atoms with E-state index in [0.29, 0.717) is 22.2 Å². The van der Waals surface area contributed by atoms with Gasteiger partial charge >= 0.3 is 0 Å². The second-order valence-corrected chi connectivity index (χ2v) is 7.80. The number of nitrogens with one attached hydrogen (secondary N) is 2. The van der Waals surface area contributed by atoms with Crippen LogP contribution in [0.25, 0.3) is 5.69 Å². The minimum atomic E-state index is -0.724. The van der Waals surface area contributed by atoms with E-state index in [0.717, 1.165) is 30.0 Å². The minimum Gasteiger partial charge on any atom is -0.467 e. The molecule has 4 rings (SSSR count). The van der Waals surface area contributed by atoms with Crippen LogP contribution < -0.4 is 10.6 Å². The first-order valence-corrected chi connectivity index (χ1v) is 10.8. The summed E-state index contributed by atoms with van der Waals surface area (Å²) in [6, 6.07) is 13.3. The molecule has 2 amide bonds. The van der Waals surface area contributed by atoms with Crippen LogP contribution in [0.2, 0.25) is 0 Å². The Labute approximate surface area is 191 Å². The standard InChI is InChI=1S/C23H18F2N4O3S/c24-16-6-7-19(25)20(12-16)28-21(30)14-33-23-26-8-9-29(23)17-4-1-3-15(11-17)22(31)27-13-18-5-2-10-32-18/h1-12H,13-14H2,(H,27,31)(H,28,30). The summed E-state index contributed by atoms with van der Waals surface area (Å²) in [5, 5.41) is 5.64. The van der Waals surface area contributed by atoms with E-state index in [1.807, 2.05) is 0 Å². The van der Waals surface area contributed by atoms with Crippen LogP contribution in [-0.2, 0) is 11.3 Å².